The second kappa shape index (κ2) is 7.40. The fourth-order valence-corrected chi connectivity index (χ4v) is 3.08. The third-order valence-corrected chi connectivity index (χ3v) is 4.55. The molecule has 140 valence electrons. The maximum absolute atomic E-state index is 13.6. The van der Waals surface area contributed by atoms with Crippen LogP contribution in [-0.4, -0.2) is 15.5 Å². The Kier molecular flexibility index (Phi) is 4.79. The first-order chi connectivity index (χ1) is 13.5. The Bertz CT molecular complexity index is 1140. The van der Waals surface area contributed by atoms with Crippen LogP contribution in [0.25, 0.3) is 22.4 Å². The van der Waals surface area contributed by atoms with Crippen molar-refractivity contribution in [2.75, 3.05) is 5.32 Å². The molecule has 0 atom stereocenters. The summed E-state index contributed by atoms with van der Waals surface area (Å²) in [6.07, 6.45) is 0. The van der Waals surface area contributed by atoms with Crippen molar-refractivity contribution in [3.05, 3.63) is 83.4 Å². The molecule has 0 unspecified atom stereocenters. The van der Waals surface area contributed by atoms with Gasteiger partial charge in [0, 0.05) is 21.8 Å². The van der Waals surface area contributed by atoms with E-state index in [1.165, 1.54) is 0 Å². The maximum atomic E-state index is 13.6. The maximum Gasteiger partial charge on any atom is 0.320 e. The number of hydrogen-bond donors (Lipinski definition) is 1. The highest BCUT2D eigenvalue weighted by Crippen LogP contribution is 2.30. The predicted octanol–water partition coefficient (Wildman–Crippen LogP) is 6.00. The molecule has 3 aromatic carbocycles. The van der Waals surface area contributed by atoms with Gasteiger partial charge in [0.25, 0.3) is 5.91 Å². The summed E-state index contributed by atoms with van der Waals surface area (Å²) in [4.78, 5) is 16.6. The number of nitrogens with zero attached hydrogens (tertiary/aromatic N) is 2. The summed E-state index contributed by atoms with van der Waals surface area (Å²) in [6, 6.07) is 19.9. The van der Waals surface area contributed by atoms with Gasteiger partial charge < -0.3 is 5.32 Å². The fraction of sp³-hybridized carbons (Fsp3) is 0.0476. The van der Waals surface area contributed by atoms with Crippen LogP contribution < -0.4 is 5.32 Å². The van der Waals surface area contributed by atoms with Crippen LogP contribution >= 0.6 is 11.6 Å². The Morgan fingerprint density at radius 3 is 2.32 bits per heavy atom. The van der Waals surface area contributed by atoms with Gasteiger partial charge in [0.2, 0.25) is 0 Å². The van der Waals surface area contributed by atoms with Gasteiger partial charge >= 0.3 is 6.55 Å². The van der Waals surface area contributed by atoms with E-state index < -0.39 is 6.55 Å². The van der Waals surface area contributed by atoms with E-state index in [0.29, 0.717) is 32.9 Å². The van der Waals surface area contributed by atoms with Crippen molar-refractivity contribution >= 4 is 34.2 Å². The molecular formula is C21H14ClF2N3O. The largest absolute Gasteiger partial charge is 0.322 e. The highest BCUT2D eigenvalue weighted by atomic mass is 35.5. The van der Waals surface area contributed by atoms with Crippen molar-refractivity contribution < 1.29 is 13.6 Å². The lowest BCUT2D eigenvalue weighted by Crippen LogP contribution is -2.11. The van der Waals surface area contributed by atoms with Crippen molar-refractivity contribution in [1.82, 2.24) is 9.55 Å². The second-order valence-corrected chi connectivity index (χ2v) is 6.55. The number of anilines is 1. The van der Waals surface area contributed by atoms with E-state index in [-0.39, 0.29) is 11.7 Å². The average molecular weight is 398 g/mol. The number of carbonyl (C=O) groups is 1. The standard InChI is InChI=1S/C21H14ClF2N3O/c22-15-9-5-14(6-10-15)20(28)25-16-11-7-13(8-12-16)19-26-17-3-1-2-4-18(17)27(19)21(23)24/h1-12,21H,(H,25,28). The molecule has 1 heterocycles. The highest BCUT2D eigenvalue weighted by molar-refractivity contribution is 6.30. The van der Waals surface area contributed by atoms with Crippen molar-refractivity contribution in [3.63, 3.8) is 0 Å². The number of rotatable bonds is 4. The Morgan fingerprint density at radius 2 is 1.64 bits per heavy atom. The number of fused-ring (bicyclic) bond motifs is 1. The van der Waals surface area contributed by atoms with Crippen molar-refractivity contribution in [2.45, 2.75) is 6.55 Å². The van der Waals surface area contributed by atoms with Gasteiger partial charge in [-0.2, -0.15) is 8.78 Å². The minimum Gasteiger partial charge on any atom is -0.322 e. The van der Waals surface area contributed by atoms with Crippen LogP contribution in [0.1, 0.15) is 16.9 Å². The smallest absolute Gasteiger partial charge is 0.320 e. The molecule has 28 heavy (non-hydrogen) atoms. The summed E-state index contributed by atoms with van der Waals surface area (Å²) in [5.41, 5.74) is 2.41. The van der Waals surface area contributed by atoms with Crippen molar-refractivity contribution in [1.29, 1.82) is 0 Å². The quantitative estimate of drug-likeness (QED) is 0.458. The number of aromatic nitrogens is 2. The Morgan fingerprint density at radius 1 is 0.964 bits per heavy atom. The van der Waals surface area contributed by atoms with E-state index in [2.05, 4.69) is 10.3 Å². The van der Waals surface area contributed by atoms with Gasteiger partial charge in [-0.05, 0) is 60.7 Å². The minimum atomic E-state index is -2.72. The van der Waals surface area contributed by atoms with E-state index in [1.807, 2.05) is 0 Å². The first-order valence-corrected chi connectivity index (χ1v) is 8.83. The Labute approximate surface area is 164 Å². The third-order valence-electron chi connectivity index (χ3n) is 4.30. The lowest BCUT2D eigenvalue weighted by atomic mass is 10.1. The van der Waals surface area contributed by atoms with E-state index >= 15 is 0 Å². The predicted molar refractivity (Wildman–Crippen MR) is 106 cm³/mol. The summed E-state index contributed by atoms with van der Waals surface area (Å²) in [7, 11) is 0. The van der Waals surface area contributed by atoms with Crippen LogP contribution in [-0.2, 0) is 0 Å². The third kappa shape index (κ3) is 3.46. The summed E-state index contributed by atoms with van der Waals surface area (Å²) in [6.45, 7) is -2.72. The number of alkyl halides is 2. The fourth-order valence-electron chi connectivity index (χ4n) is 2.95. The molecule has 4 rings (SSSR count). The molecule has 4 aromatic rings. The molecule has 0 aliphatic heterocycles. The van der Waals surface area contributed by atoms with Crippen LogP contribution in [0.2, 0.25) is 5.02 Å². The number of para-hydroxylation sites is 2. The lowest BCUT2D eigenvalue weighted by Gasteiger charge is -2.09. The summed E-state index contributed by atoms with van der Waals surface area (Å²) in [5.74, 6) is -0.115. The lowest BCUT2D eigenvalue weighted by molar-refractivity contribution is 0.0764. The van der Waals surface area contributed by atoms with E-state index in [1.54, 1.807) is 72.8 Å². The van der Waals surface area contributed by atoms with Crippen LogP contribution in [0.4, 0.5) is 14.5 Å². The average Bonchev–Trinajstić information content (AvgIpc) is 3.09. The van der Waals surface area contributed by atoms with Crippen LogP contribution in [0.5, 0.6) is 0 Å². The second-order valence-electron chi connectivity index (χ2n) is 6.11. The van der Waals surface area contributed by atoms with Crippen molar-refractivity contribution in [3.8, 4) is 11.4 Å². The van der Waals surface area contributed by atoms with Crippen LogP contribution in [0, 0.1) is 0 Å². The van der Waals surface area contributed by atoms with E-state index in [9.17, 15) is 13.6 Å². The molecule has 1 N–H and O–H groups in total. The molecule has 0 aliphatic rings. The molecule has 4 nitrogen and oxygen atoms in total. The van der Waals surface area contributed by atoms with Crippen LogP contribution in [0.15, 0.2) is 72.8 Å². The number of halogens is 3. The van der Waals surface area contributed by atoms with Gasteiger partial charge in [0.1, 0.15) is 5.82 Å². The number of amides is 1. The summed E-state index contributed by atoms with van der Waals surface area (Å²) < 4.78 is 28.1. The summed E-state index contributed by atoms with van der Waals surface area (Å²) in [5, 5.41) is 3.31. The molecule has 0 aliphatic carbocycles. The molecule has 0 spiro atoms. The van der Waals surface area contributed by atoms with Gasteiger partial charge in [-0.1, -0.05) is 23.7 Å². The first kappa shape index (κ1) is 18.1. The zero-order valence-corrected chi connectivity index (χ0v) is 15.2. The van der Waals surface area contributed by atoms with Crippen molar-refractivity contribution in [2.24, 2.45) is 0 Å². The van der Waals surface area contributed by atoms with Gasteiger partial charge in [-0.15, -0.1) is 0 Å². The molecule has 0 saturated carbocycles. The SMILES string of the molecule is O=C(Nc1ccc(-c2nc3ccccc3n2C(F)F)cc1)c1ccc(Cl)cc1. The van der Waals surface area contributed by atoms with E-state index in [0.717, 1.165) is 4.57 Å². The zero-order chi connectivity index (χ0) is 19.7. The Balaban J connectivity index is 1.62. The van der Waals surface area contributed by atoms with Gasteiger partial charge in [0.05, 0.1) is 11.0 Å². The number of imidazole rings is 1. The topological polar surface area (TPSA) is 46.9 Å². The number of carbonyl (C=O) groups excluding carboxylic acids is 1. The molecule has 1 aromatic heterocycles. The van der Waals surface area contributed by atoms with Gasteiger partial charge in [0.15, 0.2) is 0 Å². The number of nitrogens with one attached hydrogen (secondary N) is 1. The minimum absolute atomic E-state index is 0.173. The molecule has 0 fully saturated rings. The molecular weight excluding hydrogens is 384 g/mol. The van der Waals surface area contributed by atoms with Gasteiger partial charge in [-0.3, -0.25) is 9.36 Å². The van der Waals surface area contributed by atoms with E-state index in [4.69, 9.17) is 11.6 Å². The molecule has 0 bridgehead atoms. The zero-order valence-electron chi connectivity index (χ0n) is 14.4. The monoisotopic (exact) mass is 397 g/mol. The molecule has 0 saturated heterocycles. The number of benzene rings is 3. The number of hydrogen-bond acceptors (Lipinski definition) is 2. The normalized spacial score (nSPS) is 11.1. The highest BCUT2D eigenvalue weighted by Gasteiger charge is 2.18. The molecule has 0 radical (unpaired) electrons. The molecule has 1 amide bonds. The Hall–Kier alpha value is -3.25. The molecule has 7 heteroatoms. The van der Waals surface area contributed by atoms with Gasteiger partial charge in [-0.25, -0.2) is 4.98 Å². The summed E-state index contributed by atoms with van der Waals surface area (Å²) >= 11 is 5.82. The first-order valence-electron chi connectivity index (χ1n) is 8.45. The van der Waals surface area contributed by atoms with Crippen LogP contribution in [0.3, 0.4) is 0 Å².